The van der Waals surface area contributed by atoms with Crippen LogP contribution in [-0.4, -0.2) is 70.8 Å². The molecule has 0 aromatic carbocycles. The Morgan fingerprint density at radius 3 is 2.32 bits per heavy atom. The van der Waals surface area contributed by atoms with E-state index in [1.165, 1.54) is 17.3 Å². The van der Waals surface area contributed by atoms with Crippen molar-refractivity contribution in [2.75, 3.05) is 44.1 Å². The van der Waals surface area contributed by atoms with Crippen molar-refractivity contribution in [3.63, 3.8) is 0 Å². The summed E-state index contributed by atoms with van der Waals surface area (Å²) >= 11 is 0. The molecule has 1 aromatic heterocycles. The number of rotatable bonds is 3. The second-order valence-corrected chi connectivity index (χ2v) is 8.02. The summed E-state index contributed by atoms with van der Waals surface area (Å²) in [5, 5.41) is 0. The molecular formula is C21H25N5O2. The van der Waals surface area contributed by atoms with Crippen LogP contribution in [0.15, 0.2) is 18.4 Å². The largest absolute Gasteiger partial charge is 0.338 e. The van der Waals surface area contributed by atoms with Crippen molar-refractivity contribution in [1.29, 1.82) is 0 Å². The van der Waals surface area contributed by atoms with Crippen molar-refractivity contribution < 1.29 is 13.7 Å². The molecule has 1 aromatic rings. The second-order valence-electron chi connectivity index (χ2n) is 8.02. The molecule has 7 heteroatoms. The van der Waals surface area contributed by atoms with Gasteiger partial charge in [0.1, 0.15) is 0 Å². The van der Waals surface area contributed by atoms with Crippen LogP contribution in [0, 0.1) is 35.5 Å². The average Bonchev–Trinajstić information content (AvgIpc) is 3.44. The van der Waals surface area contributed by atoms with E-state index in [2.05, 4.69) is 21.8 Å². The highest BCUT2D eigenvalue weighted by molar-refractivity contribution is 6.06. The van der Waals surface area contributed by atoms with Gasteiger partial charge in [0.25, 0.3) is 0 Å². The molecule has 2 aliphatic heterocycles. The molecule has 4 fully saturated rings. The van der Waals surface area contributed by atoms with Crippen LogP contribution >= 0.6 is 0 Å². The number of piperazine rings is 1. The highest BCUT2D eigenvalue weighted by Gasteiger charge is 2.60. The third kappa shape index (κ3) is 2.96. The Labute approximate surface area is 169 Å². The minimum atomic E-state index is -1.85. The Morgan fingerprint density at radius 1 is 1.04 bits per heavy atom. The maximum Gasteiger partial charge on any atom is 0.234 e. The topological polar surface area (TPSA) is 69.6 Å². The molecule has 146 valence electrons. The molecule has 2 amide bonds. The van der Waals surface area contributed by atoms with Gasteiger partial charge in [-0.05, 0) is 37.1 Å². The Kier molecular flexibility index (Phi) is 3.72. The molecule has 2 saturated heterocycles. The van der Waals surface area contributed by atoms with Gasteiger partial charge in [0.15, 0.2) is 0 Å². The lowest BCUT2D eigenvalue weighted by Gasteiger charge is -2.33. The van der Waals surface area contributed by atoms with E-state index in [0.29, 0.717) is 44.0 Å². The molecule has 0 N–H and O–H groups in total. The van der Waals surface area contributed by atoms with Crippen molar-refractivity contribution in [2.45, 2.75) is 19.3 Å². The number of fused-ring (bicyclic) bond motifs is 5. The first-order valence-electron chi connectivity index (χ1n) is 11.5. The Hall–Kier alpha value is -2.46. The summed E-state index contributed by atoms with van der Waals surface area (Å²) in [5.74, 6) is 6.10. The van der Waals surface area contributed by atoms with Crippen LogP contribution < -0.4 is 4.90 Å². The number of anilines is 1. The van der Waals surface area contributed by atoms with E-state index in [1.54, 1.807) is 4.90 Å². The van der Waals surface area contributed by atoms with Crippen LogP contribution in [-0.2, 0) is 9.59 Å². The average molecular weight is 382 g/mol. The summed E-state index contributed by atoms with van der Waals surface area (Å²) in [6.07, 6.45) is 5.97. The smallest absolute Gasteiger partial charge is 0.234 e. The number of imide groups is 1. The highest BCUT2D eigenvalue weighted by atomic mass is 16.2. The van der Waals surface area contributed by atoms with Crippen LogP contribution in [0.2, 0.25) is 0 Å². The van der Waals surface area contributed by atoms with Crippen molar-refractivity contribution in [3.05, 3.63) is 18.4 Å². The van der Waals surface area contributed by atoms with Gasteiger partial charge in [-0.25, -0.2) is 9.97 Å². The Morgan fingerprint density at radius 2 is 1.68 bits per heavy atom. The van der Waals surface area contributed by atoms with Crippen LogP contribution in [0.1, 0.15) is 23.4 Å². The van der Waals surface area contributed by atoms with Crippen LogP contribution in [0.3, 0.4) is 0 Å². The summed E-state index contributed by atoms with van der Waals surface area (Å²) in [5.41, 5.74) is 0. The van der Waals surface area contributed by atoms with Gasteiger partial charge < -0.3 is 4.90 Å². The first-order valence-corrected chi connectivity index (χ1v) is 9.99. The molecule has 28 heavy (non-hydrogen) atoms. The van der Waals surface area contributed by atoms with Crippen molar-refractivity contribution >= 4 is 17.8 Å². The summed E-state index contributed by atoms with van der Waals surface area (Å²) in [7, 11) is 0. The molecule has 4 atom stereocenters. The van der Waals surface area contributed by atoms with E-state index in [-0.39, 0.29) is 36.2 Å². The lowest BCUT2D eigenvalue weighted by Crippen LogP contribution is -2.47. The number of carbonyl (C=O) groups is 2. The number of hydrogen-bond acceptors (Lipinski definition) is 6. The summed E-state index contributed by atoms with van der Waals surface area (Å²) in [4.78, 5) is 38.6. The lowest BCUT2D eigenvalue weighted by atomic mass is 9.81. The minimum absolute atomic E-state index is 0.0309. The van der Waals surface area contributed by atoms with Gasteiger partial charge in [0.05, 0.1) is 29.0 Å². The lowest BCUT2D eigenvalue weighted by molar-refractivity contribution is -0.139. The summed E-state index contributed by atoms with van der Waals surface area (Å²) in [6.45, 7) is 0.114. The van der Waals surface area contributed by atoms with Crippen LogP contribution in [0.4, 0.5) is 5.95 Å². The molecule has 7 nitrogen and oxygen atoms in total. The maximum absolute atomic E-state index is 12.7. The van der Waals surface area contributed by atoms with E-state index in [1.807, 2.05) is 4.90 Å². The number of hydrogen-bond donors (Lipinski definition) is 0. The number of amides is 2. The Balaban J connectivity index is 1.19. The minimum Gasteiger partial charge on any atom is -0.338 e. The molecule has 4 aliphatic rings. The number of aromatic nitrogens is 2. The van der Waals surface area contributed by atoms with E-state index in [9.17, 15) is 9.59 Å². The van der Waals surface area contributed by atoms with Gasteiger partial charge in [-0.1, -0.05) is 11.8 Å². The zero-order valence-corrected chi connectivity index (χ0v) is 15.7. The van der Waals surface area contributed by atoms with E-state index in [4.69, 9.17) is 4.11 Å². The summed E-state index contributed by atoms with van der Waals surface area (Å²) in [6, 6.07) is 0.250. The summed E-state index contributed by atoms with van der Waals surface area (Å²) < 4.78 is 24.2. The fraction of sp³-hybridized carbons (Fsp3) is 0.619. The molecule has 2 bridgehead atoms. The Bertz CT molecular complexity index is 924. The van der Waals surface area contributed by atoms with Crippen LogP contribution in [0.5, 0.6) is 0 Å². The molecule has 0 unspecified atom stereocenters. The normalized spacial score (nSPS) is 33.9. The fourth-order valence-electron chi connectivity index (χ4n) is 5.30. The standard InChI is InChI=1S/C21H25N5O2/c27-19-17-15-4-5-16(14-15)18(17)20(28)26(19)9-2-1-8-24-10-12-25(13-11-24)21-22-6-3-7-23-21/h3,6-7,15-18H,4-5,8-14H2/t15-,16+,17-,18+/i3D,8D2. The van der Waals surface area contributed by atoms with Crippen molar-refractivity contribution in [2.24, 2.45) is 23.7 Å². The zero-order chi connectivity index (χ0) is 21.8. The number of likely N-dealkylation sites (tertiary alicyclic amines) is 1. The first-order chi connectivity index (χ1) is 14.8. The van der Waals surface area contributed by atoms with E-state index in [0.717, 1.165) is 19.3 Å². The maximum atomic E-state index is 12.7. The zero-order valence-electron chi connectivity index (χ0n) is 18.7. The second kappa shape index (κ2) is 7.17. The third-order valence-corrected chi connectivity index (χ3v) is 6.63. The van der Waals surface area contributed by atoms with Gasteiger partial charge in [0.2, 0.25) is 17.8 Å². The van der Waals surface area contributed by atoms with Gasteiger partial charge in [-0.15, -0.1) is 0 Å². The SMILES string of the molecule is [2H]c1cnc(N2CCN(C([2H])([2H])C#CCN3C(=O)[C@@H]4[C@@H]5CC[C@@H](C5)[C@@H]4C3=O)CC2)nc1. The van der Waals surface area contributed by atoms with Crippen LogP contribution in [0.25, 0.3) is 0 Å². The molecule has 0 spiro atoms. The van der Waals surface area contributed by atoms with Crippen molar-refractivity contribution in [1.82, 2.24) is 19.8 Å². The monoisotopic (exact) mass is 382 g/mol. The third-order valence-electron chi connectivity index (χ3n) is 6.63. The molecule has 2 saturated carbocycles. The van der Waals surface area contributed by atoms with Gasteiger partial charge >= 0.3 is 0 Å². The van der Waals surface area contributed by atoms with Gasteiger partial charge in [-0.2, -0.15) is 0 Å². The fourth-order valence-corrected chi connectivity index (χ4v) is 5.30. The van der Waals surface area contributed by atoms with E-state index >= 15 is 0 Å². The molecule has 3 heterocycles. The number of nitrogens with zero attached hydrogens (tertiary/aromatic N) is 5. The molecule has 2 aliphatic carbocycles. The van der Waals surface area contributed by atoms with Gasteiger partial charge in [0, 0.05) is 38.6 Å². The molecule has 5 rings (SSSR count). The van der Waals surface area contributed by atoms with Gasteiger partial charge in [-0.3, -0.25) is 19.4 Å². The molecular weight excluding hydrogens is 354 g/mol. The quantitative estimate of drug-likeness (QED) is 0.564. The number of carbonyl (C=O) groups excluding carboxylic acids is 2. The predicted molar refractivity (Wildman–Crippen MR) is 103 cm³/mol. The highest BCUT2D eigenvalue weighted by Crippen LogP contribution is 2.55. The van der Waals surface area contributed by atoms with Crippen molar-refractivity contribution in [3.8, 4) is 11.8 Å². The molecule has 0 radical (unpaired) electrons. The van der Waals surface area contributed by atoms with E-state index < -0.39 is 6.50 Å². The first kappa shape index (κ1) is 14.5. The predicted octanol–water partition coefficient (Wildman–Crippen LogP) is 0.633.